The number of aromatic nitrogens is 2. The molecule has 2 saturated heterocycles. The van der Waals surface area contributed by atoms with Gasteiger partial charge in [-0.3, -0.25) is 14.6 Å². The average molecular weight is 566 g/mol. The standard InChI is InChI=1S/C25H39N7.HI/c1-21-7-6-8-24(17-21)31-15-13-30(14-16-31)11-5-4-10-27-25(26-2)32-12-9-22(20-32)23-18-28-29(3)19-23;/h6-8,17-19,22H,4-5,9-16,20H2,1-3H3,(H,26,27);1H. The fourth-order valence-electron chi connectivity index (χ4n) is 4.92. The Morgan fingerprint density at radius 2 is 1.97 bits per heavy atom. The second-order valence-corrected chi connectivity index (χ2v) is 9.23. The maximum Gasteiger partial charge on any atom is 0.193 e. The molecule has 1 aromatic heterocycles. The molecule has 7 nitrogen and oxygen atoms in total. The van der Waals surface area contributed by atoms with E-state index < -0.39 is 0 Å². The first kappa shape index (κ1) is 25.8. The van der Waals surface area contributed by atoms with Gasteiger partial charge in [0.05, 0.1) is 6.20 Å². The van der Waals surface area contributed by atoms with Crippen molar-refractivity contribution >= 4 is 35.6 Å². The number of piperazine rings is 1. The van der Waals surface area contributed by atoms with Crippen LogP contribution in [-0.2, 0) is 7.05 Å². The number of nitrogens with one attached hydrogen (secondary N) is 1. The van der Waals surface area contributed by atoms with Crippen molar-refractivity contribution in [1.82, 2.24) is 24.9 Å². The van der Waals surface area contributed by atoms with Crippen LogP contribution in [0.3, 0.4) is 0 Å². The molecule has 0 saturated carbocycles. The first-order valence-corrected chi connectivity index (χ1v) is 12.1. The number of likely N-dealkylation sites (tertiary alicyclic amines) is 1. The number of hydrogen-bond donors (Lipinski definition) is 1. The lowest BCUT2D eigenvalue weighted by molar-refractivity contribution is 0.253. The Kier molecular flexibility index (Phi) is 9.85. The van der Waals surface area contributed by atoms with E-state index in [1.54, 1.807) is 0 Å². The third kappa shape index (κ3) is 7.09. The smallest absolute Gasteiger partial charge is 0.193 e. The summed E-state index contributed by atoms with van der Waals surface area (Å²) in [6.45, 7) is 11.0. The number of benzene rings is 1. The van der Waals surface area contributed by atoms with Crippen LogP contribution in [0.2, 0.25) is 0 Å². The molecule has 1 unspecified atom stereocenters. The molecule has 33 heavy (non-hydrogen) atoms. The zero-order valence-electron chi connectivity index (χ0n) is 20.4. The molecule has 1 atom stereocenters. The summed E-state index contributed by atoms with van der Waals surface area (Å²) in [6.07, 6.45) is 7.72. The number of aliphatic imine (C=N–C) groups is 1. The lowest BCUT2D eigenvalue weighted by Gasteiger charge is -2.36. The van der Waals surface area contributed by atoms with Crippen LogP contribution in [0.5, 0.6) is 0 Å². The maximum atomic E-state index is 4.53. The van der Waals surface area contributed by atoms with Gasteiger partial charge in [0.25, 0.3) is 0 Å². The van der Waals surface area contributed by atoms with Crippen molar-refractivity contribution in [3.8, 4) is 0 Å². The molecular formula is C25H40IN7. The largest absolute Gasteiger partial charge is 0.369 e. The van der Waals surface area contributed by atoms with Crippen LogP contribution in [0.4, 0.5) is 5.69 Å². The van der Waals surface area contributed by atoms with Crippen LogP contribution in [0, 0.1) is 6.92 Å². The summed E-state index contributed by atoms with van der Waals surface area (Å²) in [5, 5.41) is 7.92. The molecule has 2 aromatic rings. The molecule has 0 radical (unpaired) electrons. The van der Waals surface area contributed by atoms with E-state index in [-0.39, 0.29) is 24.0 Å². The Morgan fingerprint density at radius 3 is 2.67 bits per heavy atom. The van der Waals surface area contributed by atoms with Gasteiger partial charge >= 0.3 is 0 Å². The Labute approximate surface area is 216 Å². The number of unbranched alkanes of at least 4 members (excludes halogenated alkanes) is 1. The fraction of sp³-hybridized carbons (Fsp3) is 0.600. The predicted octanol–water partition coefficient (Wildman–Crippen LogP) is 3.31. The number of guanidine groups is 1. The molecule has 0 bridgehead atoms. The molecule has 0 aliphatic carbocycles. The molecule has 0 spiro atoms. The Bertz CT molecular complexity index is 888. The van der Waals surface area contributed by atoms with Gasteiger partial charge in [0.1, 0.15) is 0 Å². The van der Waals surface area contributed by atoms with Gasteiger partial charge in [0.2, 0.25) is 0 Å². The molecular weight excluding hydrogens is 525 g/mol. The molecule has 4 rings (SSSR count). The van der Waals surface area contributed by atoms with E-state index in [1.807, 2.05) is 25.0 Å². The van der Waals surface area contributed by atoms with Gasteiger partial charge in [-0.25, -0.2) is 0 Å². The summed E-state index contributed by atoms with van der Waals surface area (Å²) < 4.78 is 1.90. The normalized spacial score (nSPS) is 19.6. The van der Waals surface area contributed by atoms with E-state index in [9.17, 15) is 0 Å². The van der Waals surface area contributed by atoms with E-state index >= 15 is 0 Å². The van der Waals surface area contributed by atoms with Crippen LogP contribution >= 0.6 is 24.0 Å². The van der Waals surface area contributed by atoms with Gasteiger partial charge in [-0.2, -0.15) is 5.10 Å². The maximum absolute atomic E-state index is 4.53. The molecule has 8 heteroatoms. The van der Waals surface area contributed by atoms with Gasteiger partial charge in [-0.1, -0.05) is 12.1 Å². The molecule has 1 aromatic carbocycles. The van der Waals surface area contributed by atoms with Crippen LogP contribution in [0.1, 0.15) is 36.3 Å². The SMILES string of the molecule is CN=C(NCCCCN1CCN(c2cccc(C)c2)CC1)N1CCC(c2cnn(C)c2)C1.I. The minimum absolute atomic E-state index is 0. The van der Waals surface area contributed by atoms with Crippen molar-refractivity contribution in [2.75, 3.05) is 64.3 Å². The Hall–Kier alpha value is -1.81. The number of hydrogen-bond acceptors (Lipinski definition) is 4. The highest BCUT2D eigenvalue weighted by atomic mass is 127. The summed E-state index contributed by atoms with van der Waals surface area (Å²) >= 11 is 0. The van der Waals surface area contributed by atoms with Crippen molar-refractivity contribution in [2.24, 2.45) is 12.0 Å². The van der Waals surface area contributed by atoms with Gasteiger partial charge in [0, 0.05) is 77.7 Å². The first-order valence-electron chi connectivity index (χ1n) is 12.1. The highest BCUT2D eigenvalue weighted by Crippen LogP contribution is 2.26. The molecule has 2 aliphatic rings. The van der Waals surface area contributed by atoms with E-state index in [4.69, 9.17) is 0 Å². The second kappa shape index (κ2) is 12.6. The van der Waals surface area contributed by atoms with Crippen molar-refractivity contribution in [3.63, 3.8) is 0 Å². The van der Waals surface area contributed by atoms with Gasteiger partial charge in [0.15, 0.2) is 5.96 Å². The summed E-state index contributed by atoms with van der Waals surface area (Å²) in [5.41, 5.74) is 4.05. The topological polar surface area (TPSA) is 51.9 Å². The first-order chi connectivity index (χ1) is 15.6. The number of halogens is 1. The summed E-state index contributed by atoms with van der Waals surface area (Å²) in [6, 6.07) is 8.87. The molecule has 2 fully saturated rings. The van der Waals surface area contributed by atoms with E-state index in [1.165, 1.54) is 42.6 Å². The Balaban J connectivity index is 0.00000306. The van der Waals surface area contributed by atoms with Crippen molar-refractivity contribution < 1.29 is 0 Å². The highest BCUT2D eigenvalue weighted by molar-refractivity contribution is 14.0. The molecule has 0 amide bonds. The lowest BCUT2D eigenvalue weighted by Crippen LogP contribution is -2.46. The minimum Gasteiger partial charge on any atom is -0.369 e. The van der Waals surface area contributed by atoms with E-state index in [2.05, 4.69) is 67.5 Å². The Morgan fingerprint density at radius 1 is 1.15 bits per heavy atom. The third-order valence-electron chi connectivity index (χ3n) is 6.82. The summed E-state index contributed by atoms with van der Waals surface area (Å²) in [7, 11) is 3.88. The van der Waals surface area contributed by atoms with Crippen LogP contribution in [0.15, 0.2) is 41.7 Å². The number of nitrogens with zero attached hydrogens (tertiary/aromatic N) is 6. The van der Waals surface area contributed by atoms with Crippen LogP contribution in [-0.4, -0.2) is 84.9 Å². The van der Waals surface area contributed by atoms with E-state index in [0.29, 0.717) is 5.92 Å². The van der Waals surface area contributed by atoms with Crippen LogP contribution in [0.25, 0.3) is 0 Å². The quantitative estimate of drug-likeness (QED) is 0.242. The fourth-order valence-corrected chi connectivity index (χ4v) is 4.92. The average Bonchev–Trinajstić information content (AvgIpc) is 3.46. The molecule has 182 valence electrons. The number of anilines is 1. The zero-order valence-corrected chi connectivity index (χ0v) is 22.7. The van der Waals surface area contributed by atoms with Crippen LogP contribution < -0.4 is 10.2 Å². The number of aryl methyl sites for hydroxylation is 2. The zero-order chi connectivity index (χ0) is 22.3. The monoisotopic (exact) mass is 565 g/mol. The van der Waals surface area contributed by atoms with Gasteiger partial charge in [-0.05, 0) is 56.0 Å². The molecule has 3 heterocycles. The minimum atomic E-state index is 0. The summed E-state index contributed by atoms with van der Waals surface area (Å²) in [5.74, 6) is 1.60. The van der Waals surface area contributed by atoms with Crippen molar-refractivity contribution in [1.29, 1.82) is 0 Å². The van der Waals surface area contributed by atoms with Gasteiger partial charge < -0.3 is 15.1 Å². The third-order valence-corrected chi connectivity index (χ3v) is 6.82. The number of rotatable bonds is 7. The second-order valence-electron chi connectivity index (χ2n) is 9.23. The van der Waals surface area contributed by atoms with Crippen molar-refractivity contribution in [2.45, 2.75) is 32.1 Å². The lowest BCUT2D eigenvalue weighted by atomic mass is 10.0. The van der Waals surface area contributed by atoms with Crippen molar-refractivity contribution in [3.05, 3.63) is 47.8 Å². The highest BCUT2D eigenvalue weighted by Gasteiger charge is 2.26. The van der Waals surface area contributed by atoms with E-state index in [0.717, 1.165) is 51.8 Å². The van der Waals surface area contributed by atoms with Gasteiger partial charge in [-0.15, -0.1) is 24.0 Å². The molecule has 2 aliphatic heterocycles. The summed E-state index contributed by atoms with van der Waals surface area (Å²) in [4.78, 5) is 12.0. The molecule has 1 N–H and O–H groups in total. The predicted molar refractivity (Wildman–Crippen MR) is 148 cm³/mol.